The van der Waals surface area contributed by atoms with Crippen LogP contribution in [-0.2, 0) is 20.4 Å². The van der Waals surface area contributed by atoms with Crippen LogP contribution in [0, 0.1) is 0 Å². The molecule has 1 aromatic rings. The summed E-state index contributed by atoms with van der Waals surface area (Å²) in [5, 5.41) is 0. The number of hydrogen-bond acceptors (Lipinski definition) is 2. The van der Waals surface area contributed by atoms with Crippen molar-refractivity contribution in [3.63, 3.8) is 0 Å². The van der Waals surface area contributed by atoms with Crippen molar-refractivity contribution in [3.05, 3.63) is 41.7 Å². The molecule has 5 atom stereocenters. The quantitative estimate of drug-likeness (QED) is 0.471. The molecule has 112 valence electrons. The average molecular weight is 332 g/mol. The predicted octanol–water partition coefficient (Wildman–Crippen LogP) is 4.21. The van der Waals surface area contributed by atoms with Gasteiger partial charge in [-0.1, -0.05) is 0 Å². The Balaban J connectivity index is 1.48. The maximum atomic E-state index is 11.8. The van der Waals surface area contributed by atoms with Crippen LogP contribution in [0.5, 0.6) is 0 Å². The van der Waals surface area contributed by atoms with Crippen molar-refractivity contribution in [2.45, 2.75) is 47.2 Å². The molecule has 0 aliphatic carbocycles. The van der Waals surface area contributed by atoms with Gasteiger partial charge >= 0.3 is 118 Å². The topological polar surface area (TPSA) is 26.3 Å². The molecule has 0 bridgehead atoms. The van der Waals surface area contributed by atoms with Gasteiger partial charge in [-0.25, -0.2) is 0 Å². The minimum atomic E-state index is -3.61. The summed E-state index contributed by atoms with van der Waals surface area (Å²) in [6.45, 7) is -3.61. The van der Waals surface area contributed by atoms with Crippen molar-refractivity contribution in [3.8, 4) is 0 Å². The van der Waals surface area contributed by atoms with E-state index in [1.807, 2.05) is 0 Å². The van der Waals surface area contributed by atoms with Crippen LogP contribution in [0.2, 0.25) is 42.8 Å². The molecular weight excluding hydrogens is 316 g/mol. The second-order valence-electron chi connectivity index (χ2n) is 11.8. The van der Waals surface area contributed by atoms with Gasteiger partial charge in [0, 0.05) is 0 Å². The summed E-state index contributed by atoms with van der Waals surface area (Å²) in [4.78, 5) is 20.6. The van der Waals surface area contributed by atoms with Crippen LogP contribution >= 0.6 is 0 Å². The Morgan fingerprint density at radius 2 is 1.73 bits per heavy atom. The number of methoxy groups -OCH3 is 1. The first-order chi connectivity index (χ1) is 10.6. The van der Waals surface area contributed by atoms with Gasteiger partial charge in [-0.05, 0) is 0 Å². The van der Waals surface area contributed by atoms with Gasteiger partial charge < -0.3 is 0 Å². The number of ether oxygens (including phenoxy) is 1. The maximum absolute atomic E-state index is 11.8. The van der Waals surface area contributed by atoms with Gasteiger partial charge in [0.2, 0.25) is 0 Å². The van der Waals surface area contributed by atoms with Crippen molar-refractivity contribution >= 4 is 5.94 Å². The molecule has 5 unspecified atom stereocenters. The first-order valence-electron chi connectivity index (χ1n) is 8.62. The number of rotatable bonds is 3. The van der Waals surface area contributed by atoms with Crippen molar-refractivity contribution in [2.75, 3.05) is 7.11 Å². The van der Waals surface area contributed by atoms with Crippen LogP contribution in [0.1, 0.15) is 5.56 Å². The molecule has 1 aromatic carbocycles. The van der Waals surface area contributed by atoms with Gasteiger partial charge in [0.25, 0.3) is 0 Å². The molecule has 10 heterocycles. The molecular formula is C19H16FeO2. The van der Waals surface area contributed by atoms with Crippen LogP contribution in [0.15, 0.2) is 36.1 Å². The summed E-state index contributed by atoms with van der Waals surface area (Å²) in [6, 6.07) is 11.5. The van der Waals surface area contributed by atoms with E-state index < -0.39 is 6.51 Å². The third-order valence-corrected chi connectivity index (χ3v) is 59.4. The molecule has 0 radical (unpaired) electrons. The molecule has 1 spiro atoms. The first-order valence-corrected chi connectivity index (χ1v) is 14.8. The van der Waals surface area contributed by atoms with Crippen molar-refractivity contribution < 1.29 is 16.0 Å². The van der Waals surface area contributed by atoms with Crippen LogP contribution in [-0.4, -0.2) is 13.1 Å². The molecule has 10 aliphatic rings. The number of carbonyl (C=O) groups excluding carboxylic acids is 1. The normalized spacial score (nSPS) is 97.3. The fraction of sp³-hybridized carbons (Fsp3) is 0.579. The van der Waals surface area contributed by atoms with Crippen molar-refractivity contribution in [2.24, 2.45) is 0 Å². The summed E-state index contributed by atoms with van der Waals surface area (Å²) < 4.78 is 6.73. The van der Waals surface area contributed by atoms with E-state index in [0.29, 0.717) is 8.63 Å². The molecule has 0 N–H and O–H groups in total. The average Bonchev–Trinajstić information content (AvgIpc) is 3.50. The standard InChI is InChI=1S/C14H11O2.C5H5.Fe/c1-16-14(10-15)13-8-7-12(9-13)11-5-3-2-4-6-11;1-2-4-5-3-1;/h2-9H,1H3;1-5H;. The Kier molecular flexibility index (Phi) is 0.331. The van der Waals surface area contributed by atoms with Gasteiger partial charge in [0.05, 0.1) is 0 Å². The van der Waals surface area contributed by atoms with E-state index >= 15 is 0 Å². The number of fused-ring (bicyclic) bond motifs is 10. The third kappa shape index (κ3) is 0.0991. The van der Waals surface area contributed by atoms with Gasteiger partial charge in [-0.2, -0.15) is 0 Å². The second kappa shape index (κ2) is 0.834. The third-order valence-electron chi connectivity index (χ3n) is 16.7. The Hall–Kier alpha value is -1.01. The number of hydrogen-bond donors (Lipinski definition) is 0. The van der Waals surface area contributed by atoms with E-state index in [9.17, 15) is 4.79 Å². The van der Waals surface area contributed by atoms with Gasteiger partial charge in [-0.15, -0.1) is 0 Å². The first kappa shape index (κ1) is 8.73. The fourth-order valence-corrected chi connectivity index (χ4v) is 94.8. The predicted molar refractivity (Wildman–Crippen MR) is 77.0 cm³/mol. The molecule has 10 aliphatic heterocycles. The molecule has 2 nitrogen and oxygen atoms in total. The van der Waals surface area contributed by atoms with Crippen LogP contribution in [0.3, 0.4) is 0 Å². The van der Waals surface area contributed by atoms with E-state index in [4.69, 9.17) is 4.74 Å². The fourth-order valence-electron chi connectivity index (χ4n) is 18.9. The van der Waals surface area contributed by atoms with Gasteiger partial charge in [-0.3, -0.25) is 0 Å². The van der Waals surface area contributed by atoms with Crippen LogP contribution < -0.4 is 0 Å². The summed E-state index contributed by atoms with van der Waals surface area (Å²) in [5.41, 5.74) is 1.70. The van der Waals surface area contributed by atoms with E-state index in [1.54, 1.807) is 12.7 Å². The Bertz CT molecular complexity index is 1360. The zero-order valence-electron chi connectivity index (χ0n) is 12.2. The number of allylic oxidation sites excluding steroid dienone is 1. The molecule has 10 fully saturated rings. The van der Waals surface area contributed by atoms with E-state index in [0.717, 1.165) is 44.3 Å². The van der Waals surface area contributed by atoms with E-state index in [-0.39, 0.29) is 0 Å². The summed E-state index contributed by atoms with van der Waals surface area (Å²) in [7, 11) is 1.74. The van der Waals surface area contributed by atoms with Crippen molar-refractivity contribution in [1.82, 2.24) is 0 Å². The van der Waals surface area contributed by atoms with Gasteiger partial charge in [0.1, 0.15) is 0 Å². The SMILES string of the molecule is COC(=C=O)[C]12[CH]3[CH]4[C]5(c6ccccc6)[CH]1[Fe]34251678[CH]2[CH]1[CH]6[CH]7[CH]28. The molecule has 10 saturated heterocycles. The zero-order valence-corrected chi connectivity index (χ0v) is 13.3. The van der Waals surface area contributed by atoms with E-state index in [2.05, 4.69) is 36.3 Å². The number of benzene rings is 1. The summed E-state index contributed by atoms with van der Waals surface area (Å²) in [5.74, 6) is 3.14. The molecule has 3 heteroatoms. The summed E-state index contributed by atoms with van der Waals surface area (Å²) in [6.07, 6.45) is 0. The Morgan fingerprint density at radius 1 is 1.09 bits per heavy atom. The Labute approximate surface area is 118 Å². The molecule has 0 aromatic heterocycles. The second-order valence-corrected chi connectivity index (χ2v) is 35.0. The zero-order chi connectivity index (χ0) is 14.0. The summed E-state index contributed by atoms with van der Waals surface area (Å²) >= 11 is 0. The van der Waals surface area contributed by atoms with Crippen LogP contribution in [0.4, 0.5) is 0 Å². The minimum absolute atomic E-state index is 0.348. The molecule has 0 saturated carbocycles. The Morgan fingerprint density at radius 3 is 2.18 bits per heavy atom. The van der Waals surface area contributed by atoms with E-state index in [1.165, 1.54) is 0 Å². The van der Waals surface area contributed by atoms with Crippen LogP contribution in [0.25, 0.3) is 0 Å². The molecule has 22 heavy (non-hydrogen) atoms. The molecule has 0 amide bonds. The van der Waals surface area contributed by atoms with Gasteiger partial charge in [0.15, 0.2) is 0 Å². The monoisotopic (exact) mass is 332 g/mol. The van der Waals surface area contributed by atoms with Crippen molar-refractivity contribution in [1.29, 1.82) is 0 Å². The molecule has 11 rings (SSSR count).